The van der Waals surface area contributed by atoms with Crippen molar-refractivity contribution in [2.24, 2.45) is 34.5 Å². The lowest BCUT2D eigenvalue weighted by Crippen LogP contribution is -2.59. The third-order valence-corrected chi connectivity index (χ3v) is 9.46. The summed E-state index contributed by atoms with van der Waals surface area (Å²) >= 11 is 0. The Kier molecular flexibility index (Phi) is 3.55. The van der Waals surface area contributed by atoms with Gasteiger partial charge in [-0.05, 0) is 86.5 Å². The summed E-state index contributed by atoms with van der Waals surface area (Å²) in [5.74, 6) is 2.87. The van der Waals surface area contributed by atoms with Crippen molar-refractivity contribution in [1.82, 2.24) is 0 Å². The van der Waals surface area contributed by atoms with Crippen LogP contribution in [0.15, 0.2) is 36.5 Å². The zero-order valence-corrected chi connectivity index (χ0v) is 16.0. The van der Waals surface area contributed by atoms with Gasteiger partial charge in [-0.2, -0.15) is 0 Å². The third kappa shape index (κ3) is 1.85. The summed E-state index contributed by atoms with van der Waals surface area (Å²) < 4.78 is 0. The van der Waals surface area contributed by atoms with Crippen molar-refractivity contribution in [3.8, 4) is 0 Å². The van der Waals surface area contributed by atoms with Crippen LogP contribution < -0.4 is 0 Å². The Balaban J connectivity index is 1.63. The predicted octanol–water partition coefficient (Wildman–Crippen LogP) is 4.99. The van der Waals surface area contributed by atoms with Gasteiger partial charge in [-0.1, -0.05) is 30.7 Å². The second kappa shape index (κ2) is 5.44. The lowest BCUT2D eigenvalue weighted by Gasteiger charge is -2.64. The first kappa shape index (κ1) is 17.0. The summed E-state index contributed by atoms with van der Waals surface area (Å²) in [7, 11) is 0. The Bertz CT molecular complexity index is 718. The highest BCUT2D eigenvalue weighted by Crippen LogP contribution is 2.71. The molecule has 0 bridgehead atoms. The molecular weight excluding hydrogens is 320 g/mol. The number of carbonyl (C=O) groups excluding carboxylic acids is 1. The van der Waals surface area contributed by atoms with Gasteiger partial charge < -0.3 is 5.11 Å². The van der Waals surface area contributed by atoms with Crippen molar-refractivity contribution in [3.05, 3.63) is 36.5 Å². The monoisotopic (exact) mass is 352 g/mol. The third-order valence-electron chi connectivity index (χ3n) is 9.46. The Morgan fingerprint density at radius 1 is 1.31 bits per heavy atom. The highest BCUT2D eigenvalue weighted by Gasteiger charge is 2.67. The topological polar surface area (TPSA) is 37.3 Å². The second-order valence-electron chi connectivity index (χ2n) is 9.80. The smallest absolute Gasteiger partial charge is 0.155 e. The number of fused-ring (bicyclic) bond motifs is 2. The Hall–Kier alpha value is -1.15. The van der Waals surface area contributed by atoms with Crippen LogP contribution >= 0.6 is 0 Å². The van der Waals surface area contributed by atoms with Gasteiger partial charge >= 0.3 is 0 Å². The number of rotatable bonds is 2. The maximum atomic E-state index is 12.1. The molecule has 0 heterocycles. The van der Waals surface area contributed by atoms with Gasteiger partial charge in [-0.3, -0.25) is 4.79 Å². The normalized spacial score (nSPS) is 51.9. The van der Waals surface area contributed by atoms with Crippen molar-refractivity contribution < 1.29 is 9.90 Å². The Labute approximate surface area is 157 Å². The van der Waals surface area contributed by atoms with E-state index in [2.05, 4.69) is 25.7 Å². The number of ketones is 1. The molecule has 1 N–H and O–H groups in total. The highest BCUT2D eigenvalue weighted by atomic mass is 16.3. The van der Waals surface area contributed by atoms with E-state index in [1.54, 1.807) is 0 Å². The zero-order chi connectivity index (χ0) is 18.2. The number of aliphatic hydroxyl groups is 1. The van der Waals surface area contributed by atoms with E-state index in [9.17, 15) is 9.90 Å². The van der Waals surface area contributed by atoms with Crippen LogP contribution in [0.5, 0.6) is 0 Å². The van der Waals surface area contributed by atoms with Gasteiger partial charge in [0.25, 0.3) is 0 Å². The maximum Gasteiger partial charge on any atom is 0.155 e. The van der Waals surface area contributed by atoms with E-state index >= 15 is 0 Å². The van der Waals surface area contributed by atoms with E-state index in [-0.39, 0.29) is 10.8 Å². The maximum absolute atomic E-state index is 12.1. The van der Waals surface area contributed by atoms with E-state index in [0.29, 0.717) is 29.5 Å². The zero-order valence-electron chi connectivity index (χ0n) is 16.0. The molecule has 7 atom stereocenters. The molecule has 5 aliphatic carbocycles. The molecule has 0 saturated heterocycles. The van der Waals surface area contributed by atoms with E-state index in [0.717, 1.165) is 51.4 Å². The number of hydrogen-bond acceptors (Lipinski definition) is 2. The van der Waals surface area contributed by atoms with Gasteiger partial charge in [0.1, 0.15) is 0 Å². The van der Waals surface area contributed by atoms with E-state index in [1.807, 2.05) is 12.2 Å². The first-order chi connectivity index (χ1) is 12.5. The van der Waals surface area contributed by atoms with Gasteiger partial charge in [0.2, 0.25) is 0 Å². The summed E-state index contributed by atoms with van der Waals surface area (Å²) in [5, 5.41) is 11.5. The average Bonchev–Trinajstić information content (AvgIpc) is 2.96. The molecule has 0 aromatic carbocycles. The molecule has 0 radical (unpaired) electrons. The van der Waals surface area contributed by atoms with Gasteiger partial charge in [0, 0.05) is 11.8 Å². The molecule has 140 valence electrons. The molecule has 26 heavy (non-hydrogen) atoms. The predicted molar refractivity (Wildman–Crippen MR) is 103 cm³/mol. The van der Waals surface area contributed by atoms with Gasteiger partial charge in [0.15, 0.2) is 5.78 Å². The fourth-order valence-electron chi connectivity index (χ4n) is 8.46. The lowest BCUT2D eigenvalue weighted by atomic mass is 9.41. The molecule has 0 amide bonds. The van der Waals surface area contributed by atoms with Crippen molar-refractivity contribution in [1.29, 1.82) is 0 Å². The number of allylic oxidation sites excluding steroid dienone is 3. The number of hydrogen-bond donors (Lipinski definition) is 1. The lowest BCUT2D eigenvalue weighted by molar-refractivity contribution is -0.140. The first-order valence-electron chi connectivity index (χ1n) is 10.8. The molecule has 2 nitrogen and oxygen atoms in total. The highest BCUT2D eigenvalue weighted by molar-refractivity contribution is 5.91. The molecule has 1 spiro atoms. The largest absolute Gasteiger partial charge is 0.385 e. The summed E-state index contributed by atoms with van der Waals surface area (Å²) in [6.07, 6.45) is 18.1. The molecule has 3 fully saturated rings. The first-order valence-corrected chi connectivity index (χ1v) is 10.8. The van der Waals surface area contributed by atoms with E-state index in [1.165, 1.54) is 12.0 Å². The quantitative estimate of drug-likeness (QED) is 0.711. The molecule has 5 aliphatic rings. The van der Waals surface area contributed by atoms with Crippen LogP contribution in [0.1, 0.15) is 64.7 Å². The van der Waals surface area contributed by atoms with Crippen molar-refractivity contribution in [2.45, 2.75) is 70.3 Å². The van der Waals surface area contributed by atoms with Crippen molar-refractivity contribution in [3.63, 3.8) is 0 Å². The van der Waals surface area contributed by atoms with Crippen molar-refractivity contribution in [2.75, 3.05) is 0 Å². The van der Waals surface area contributed by atoms with Crippen LogP contribution in [0.2, 0.25) is 0 Å². The van der Waals surface area contributed by atoms with Crippen LogP contribution in [0, 0.1) is 34.5 Å². The molecule has 0 aromatic rings. The van der Waals surface area contributed by atoms with Crippen LogP contribution in [-0.4, -0.2) is 16.5 Å². The summed E-state index contributed by atoms with van der Waals surface area (Å²) in [5.41, 5.74) is 1.000. The standard InChI is InChI=1S/C24H32O2/c1-3-23-15-16-6-5-11-22-12-9-18(25)14-17(22)7-8-19(21(16)22)20(23)10-13-24(23,26)4-2/h4-6,14,16,19-21,26H,2-3,7-13,15H2,1H3/t16-,19?,20?,21?,22?,23-,24-/m0/s1. The van der Waals surface area contributed by atoms with E-state index < -0.39 is 5.60 Å². The Morgan fingerprint density at radius 3 is 2.92 bits per heavy atom. The minimum atomic E-state index is -0.700. The molecular formula is C24H32O2. The minimum absolute atomic E-state index is 0.00480. The fourth-order valence-corrected chi connectivity index (χ4v) is 8.46. The second-order valence-corrected chi connectivity index (χ2v) is 9.80. The number of carbonyl (C=O) groups is 1. The minimum Gasteiger partial charge on any atom is -0.385 e. The molecule has 4 unspecified atom stereocenters. The van der Waals surface area contributed by atoms with Crippen LogP contribution in [-0.2, 0) is 4.79 Å². The van der Waals surface area contributed by atoms with Crippen molar-refractivity contribution >= 4 is 5.78 Å². The van der Waals surface area contributed by atoms with Crippen LogP contribution in [0.25, 0.3) is 0 Å². The molecule has 2 heteroatoms. The molecule has 3 saturated carbocycles. The SMILES string of the molecule is C=C[C@]1(O)CCC2C3CCC4=CC(=O)CCC45CC=C[C@@H](C[C@@]21CC)C35. The van der Waals surface area contributed by atoms with Gasteiger partial charge in [-0.15, -0.1) is 6.58 Å². The molecule has 0 aromatic heterocycles. The fraction of sp³-hybridized carbons (Fsp3) is 0.708. The van der Waals surface area contributed by atoms with Crippen LogP contribution in [0.3, 0.4) is 0 Å². The van der Waals surface area contributed by atoms with Gasteiger partial charge in [-0.25, -0.2) is 0 Å². The average molecular weight is 353 g/mol. The Morgan fingerprint density at radius 2 is 2.15 bits per heavy atom. The van der Waals surface area contributed by atoms with E-state index in [4.69, 9.17) is 0 Å². The van der Waals surface area contributed by atoms with Crippen LogP contribution in [0.4, 0.5) is 0 Å². The summed E-state index contributed by atoms with van der Waals surface area (Å²) in [6.45, 7) is 6.32. The van der Waals surface area contributed by atoms with Gasteiger partial charge in [0.05, 0.1) is 5.60 Å². The summed E-state index contributed by atoms with van der Waals surface area (Å²) in [4.78, 5) is 12.1. The molecule has 0 aliphatic heterocycles. The molecule has 5 rings (SSSR count). The summed E-state index contributed by atoms with van der Waals surface area (Å²) in [6, 6.07) is 0.